The molecule has 0 saturated carbocycles. The van der Waals surface area contributed by atoms with E-state index >= 15 is 0 Å². The van der Waals surface area contributed by atoms with Gasteiger partial charge in [-0.15, -0.1) is 0 Å². The van der Waals surface area contributed by atoms with E-state index in [9.17, 15) is 14.7 Å². The topological polar surface area (TPSA) is 112 Å². The number of benzene rings is 2. The van der Waals surface area contributed by atoms with Gasteiger partial charge in [0, 0.05) is 10.6 Å². The van der Waals surface area contributed by atoms with Crippen LogP contribution >= 0.6 is 11.6 Å². The van der Waals surface area contributed by atoms with Gasteiger partial charge in [-0.1, -0.05) is 41.9 Å². The van der Waals surface area contributed by atoms with Crippen molar-refractivity contribution in [2.45, 2.75) is 12.5 Å². The summed E-state index contributed by atoms with van der Waals surface area (Å²) in [4.78, 5) is 28.7. The smallest absolute Gasteiger partial charge is 0.305 e. The molecule has 0 aliphatic rings. The van der Waals surface area contributed by atoms with Crippen LogP contribution in [0.4, 0.5) is 0 Å². The third-order valence-electron chi connectivity index (χ3n) is 4.54. The highest BCUT2D eigenvalue weighted by Crippen LogP contribution is 2.29. The van der Waals surface area contributed by atoms with Gasteiger partial charge in [0.25, 0.3) is 5.91 Å². The highest BCUT2D eigenvalue weighted by Gasteiger charge is 2.22. The number of amides is 1. The number of carbonyl (C=O) groups excluding carboxylic acids is 1. The van der Waals surface area contributed by atoms with Crippen LogP contribution in [-0.4, -0.2) is 29.1 Å². The Hall–Kier alpha value is -3.89. The second kappa shape index (κ2) is 9.74. The van der Waals surface area contributed by atoms with E-state index in [1.165, 1.54) is 13.2 Å². The van der Waals surface area contributed by atoms with Crippen molar-refractivity contribution in [1.82, 2.24) is 10.3 Å². The number of carboxylic acids is 1. The molecule has 156 valence electrons. The zero-order valence-electron chi connectivity index (χ0n) is 16.5. The lowest BCUT2D eigenvalue weighted by atomic mass is 10.0. The van der Waals surface area contributed by atoms with Crippen molar-refractivity contribution in [2.24, 2.45) is 0 Å². The number of ether oxygens (including phenoxy) is 1. The van der Waals surface area contributed by atoms with Crippen LogP contribution in [0.3, 0.4) is 0 Å². The Morgan fingerprint density at radius 3 is 2.65 bits per heavy atom. The molecule has 0 fully saturated rings. The van der Waals surface area contributed by atoms with Gasteiger partial charge in [-0.2, -0.15) is 5.26 Å². The molecule has 31 heavy (non-hydrogen) atoms. The van der Waals surface area contributed by atoms with E-state index in [-0.39, 0.29) is 12.1 Å². The summed E-state index contributed by atoms with van der Waals surface area (Å²) in [6.45, 7) is 0. The molecule has 1 aromatic heterocycles. The molecule has 2 aromatic carbocycles. The van der Waals surface area contributed by atoms with Crippen LogP contribution in [0, 0.1) is 11.3 Å². The molecule has 1 heterocycles. The molecule has 0 aliphatic carbocycles. The van der Waals surface area contributed by atoms with E-state index in [2.05, 4.69) is 16.4 Å². The summed E-state index contributed by atoms with van der Waals surface area (Å²) in [7, 11) is 1.48. The number of rotatable bonds is 7. The van der Waals surface area contributed by atoms with Gasteiger partial charge < -0.3 is 15.2 Å². The van der Waals surface area contributed by atoms with Gasteiger partial charge in [0.2, 0.25) is 0 Å². The largest absolute Gasteiger partial charge is 0.494 e. The fourth-order valence-electron chi connectivity index (χ4n) is 3.08. The third-order valence-corrected chi connectivity index (χ3v) is 4.88. The fourth-order valence-corrected chi connectivity index (χ4v) is 3.35. The first-order valence-corrected chi connectivity index (χ1v) is 9.63. The maximum Gasteiger partial charge on any atom is 0.305 e. The number of pyridine rings is 1. The summed E-state index contributed by atoms with van der Waals surface area (Å²) >= 11 is 6.20. The Kier molecular flexibility index (Phi) is 6.85. The second-order valence-electron chi connectivity index (χ2n) is 6.59. The Morgan fingerprint density at radius 1 is 1.19 bits per heavy atom. The standard InChI is InChI=1S/C23H18ClN3O4/c1-31-20-10-9-18(26-22(20)15-6-4-5-14(11-15)13-25)23(30)27-19(12-21(28)29)16-7-2-3-8-17(16)24/h2-11,19H,12H2,1H3,(H,27,30)(H,28,29)/t19-/m0/s1. The molecule has 0 bridgehead atoms. The van der Waals surface area contributed by atoms with Crippen molar-refractivity contribution in [2.75, 3.05) is 7.11 Å². The van der Waals surface area contributed by atoms with Gasteiger partial charge in [-0.3, -0.25) is 9.59 Å². The molecule has 0 spiro atoms. The SMILES string of the molecule is COc1ccc(C(=O)N[C@@H](CC(=O)O)c2ccccc2Cl)nc1-c1cccc(C#N)c1. The first kappa shape index (κ1) is 21.8. The maximum atomic E-state index is 12.9. The van der Waals surface area contributed by atoms with Crippen molar-refractivity contribution in [3.8, 4) is 23.1 Å². The molecule has 7 nitrogen and oxygen atoms in total. The third kappa shape index (κ3) is 5.18. The minimum atomic E-state index is -1.08. The molecule has 0 saturated heterocycles. The van der Waals surface area contributed by atoms with E-state index in [4.69, 9.17) is 21.6 Å². The van der Waals surface area contributed by atoms with Crippen molar-refractivity contribution < 1.29 is 19.4 Å². The van der Waals surface area contributed by atoms with Crippen LogP contribution in [0.2, 0.25) is 5.02 Å². The normalized spacial score (nSPS) is 11.3. The van der Waals surface area contributed by atoms with Gasteiger partial charge in [-0.05, 0) is 35.9 Å². The summed E-state index contributed by atoms with van der Waals surface area (Å²) in [5.41, 5.74) is 2.01. The number of nitrogens with zero attached hydrogens (tertiary/aromatic N) is 2. The van der Waals surface area contributed by atoms with E-state index < -0.39 is 17.9 Å². The van der Waals surface area contributed by atoms with Gasteiger partial charge in [0.1, 0.15) is 17.1 Å². The fraction of sp³-hybridized carbons (Fsp3) is 0.130. The predicted octanol–water partition coefficient (Wildman–Crippen LogP) is 4.23. The minimum Gasteiger partial charge on any atom is -0.494 e. The van der Waals surface area contributed by atoms with Crippen molar-refractivity contribution >= 4 is 23.5 Å². The zero-order valence-corrected chi connectivity index (χ0v) is 17.3. The molecule has 0 unspecified atom stereocenters. The second-order valence-corrected chi connectivity index (χ2v) is 6.99. The summed E-state index contributed by atoms with van der Waals surface area (Å²) in [5.74, 6) is -1.21. The Bertz CT molecular complexity index is 1170. The van der Waals surface area contributed by atoms with Crippen molar-refractivity contribution in [3.05, 3.63) is 82.5 Å². The van der Waals surface area contributed by atoms with Gasteiger partial charge in [0.15, 0.2) is 0 Å². The molecule has 2 N–H and O–H groups in total. The average molecular weight is 436 g/mol. The number of aliphatic carboxylic acids is 1. The molecule has 3 aromatic rings. The number of methoxy groups -OCH3 is 1. The quantitative estimate of drug-likeness (QED) is 0.574. The average Bonchev–Trinajstić information content (AvgIpc) is 2.78. The first-order valence-electron chi connectivity index (χ1n) is 9.25. The summed E-state index contributed by atoms with van der Waals surface area (Å²) in [5, 5.41) is 21.5. The number of halogens is 1. The molecule has 1 atom stereocenters. The van der Waals surface area contributed by atoms with Gasteiger partial charge in [0.05, 0.1) is 31.2 Å². The molecular weight excluding hydrogens is 418 g/mol. The first-order chi connectivity index (χ1) is 14.9. The van der Waals surface area contributed by atoms with Crippen LogP contribution in [0.15, 0.2) is 60.7 Å². The number of aromatic nitrogens is 1. The molecule has 1 amide bonds. The lowest BCUT2D eigenvalue weighted by molar-refractivity contribution is -0.137. The monoisotopic (exact) mass is 435 g/mol. The molecule has 3 rings (SSSR count). The zero-order chi connectivity index (χ0) is 22.4. The lowest BCUT2D eigenvalue weighted by Crippen LogP contribution is -2.31. The molecular formula is C23H18ClN3O4. The Labute approximate surface area is 183 Å². The van der Waals surface area contributed by atoms with E-state index in [1.54, 1.807) is 54.6 Å². The van der Waals surface area contributed by atoms with Crippen LogP contribution in [0.1, 0.15) is 34.1 Å². The van der Waals surface area contributed by atoms with Crippen molar-refractivity contribution in [1.29, 1.82) is 5.26 Å². The number of hydrogen-bond donors (Lipinski definition) is 2. The number of carbonyl (C=O) groups is 2. The summed E-state index contributed by atoms with van der Waals surface area (Å²) < 4.78 is 5.35. The number of nitrogens with one attached hydrogen (secondary N) is 1. The Morgan fingerprint density at radius 2 is 1.97 bits per heavy atom. The molecule has 0 aliphatic heterocycles. The number of nitriles is 1. The van der Waals surface area contributed by atoms with Crippen LogP contribution in [0.5, 0.6) is 5.75 Å². The summed E-state index contributed by atoms with van der Waals surface area (Å²) in [6.07, 6.45) is -0.345. The van der Waals surface area contributed by atoms with Gasteiger partial charge >= 0.3 is 5.97 Å². The maximum absolute atomic E-state index is 12.9. The van der Waals surface area contributed by atoms with Gasteiger partial charge in [-0.25, -0.2) is 4.98 Å². The summed E-state index contributed by atoms with van der Waals surface area (Å²) in [6, 6.07) is 17.8. The minimum absolute atomic E-state index is 0.0700. The van der Waals surface area contributed by atoms with E-state index in [0.717, 1.165) is 0 Å². The highest BCUT2D eigenvalue weighted by atomic mass is 35.5. The predicted molar refractivity (Wildman–Crippen MR) is 115 cm³/mol. The Balaban J connectivity index is 1.96. The van der Waals surface area contributed by atoms with Crippen LogP contribution < -0.4 is 10.1 Å². The lowest BCUT2D eigenvalue weighted by Gasteiger charge is -2.19. The van der Waals surface area contributed by atoms with Crippen LogP contribution in [0.25, 0.3) is 11.3 Å². The van der Waals surface area contributed by atoms with Crippen LogP contribution in [-0.2, 0) is 4.79 Å². The molecule has 0 radical (unpaired) electrons. The van der Waals surface area contributed by atoms with E-state index in [1.807, 2.05) is 0 Å². The molecule has 8 heteroatoms. The highest BCUT2D eigenvalue weighted by molar-refractivity contribution is 6.31. The number of hydrogen-bond acceptors (Lipinski definition) is 5. The number of carboxylic acid groups (broad SMARTS) is 1. The van der Waals surface area contributed by atoms with Crippen molar-refractivity contribution in [3.63, 3.8) is 0 Å². The van der Waals surface area contributed by atoms with E-state index in [0.29, 0.717) is 33.2 Å².